The highest BCUT2D eigenvalue weighted by atomic mass is 13.6. The van der Waals surface area contributed by atoms with Crippen molar-refractivity contribution in [2.24, 2.45) is 0 Å². The van der Waals surface area contributed by atoms with Crippen molar-refractivity contribution in [1.82, 2.24) is 0 Å². The fourth-order valence-electron chi connectivity index (χ4n) is 0. The van der Waals surface area contributed by atoms with E-state index in [0.717, 1.165) is 12.8 Å². The molecule has 0 fully saturated rings. The number of rotatable bonds is 1. The van der Waals surface area contributed by atoms with Gasteiger partial charge in [-0.05, 0) is 0 Å². The van der Waals surface area contributed by atoms with E-state index in [9.17, 15) is 0 Å². The molecule has 48 valence electrons. The van der Waals surface area contributed by atoms with Gasteiger partial charge in [0.25, 0.3) is 0 Å². The van der Waals surface area contributed by atoms with Crippen molar-refractivity contribution >= 4 is 0 Å². The SMILES string of the molecule is C=C.C=C.[CH2+]CC[CH2-]. The molecule has 0 spiro atoms. The Hall–Kier alpha value is -0.650. The van der Waals surface area contributed by atoms with Crippen LogP contribution in [-0.4, -0.2) is 0 Å². The normalized spacial score (nSPS) is 4.62. The van der Waals surface area contributed by atoms with E-state index in [-0.39, 0.29) is 0 Å². The molecule has 8 heavy (non-hydrogen) atoms. The molecule has 0 nitrogen and oxygen atoms in total. The first-order valence-electron chi connectivity index (χ1n) is 2.50. The maximum Gasteiger partial charge on any atom is 0.0587 e. The summed E-state index contributed by atoms with van der Waals surface area (Å²) in [5, 5.41) is 0. The second kappa shape index (κ2) is 99.7. The van der Waals surface area contributed by atoms with Crippen molar-refractivity contribution in [2.45, 2.75) is 12.8 Å². The zero-order valence-corrected chi connectivity index (χ0v) is 5.66. The van der Waals surface area contributed by atoms with Crippen LogP contribution in [0.3, 0.4) is 0 Å². The Morgan fingerprint density at radius 2 is 1.25 bits per heavy atom. The molecular weight excluding hydrogens is 96.1 g/mol. The zero-order chi connectivity index (χ0) is 7.41. The number of hydrogen-bond donors (Lipinski definition) is 0. The van der Waals surface area contributed by atoms with Gasteiger partial charge in [0.1, 0.15) is 0 Å². The van der Waals surface area contributed by atoms with Crippen LogP contribution in [0.2, 0.25) is 0 Å². The summed E-state index contributed by atoms with van der Waals surface area (Å²) < 4.78 is 0. The molecule has 0 aliphatic rings. The minimum atomic E-state index is 0.958. The summed E-state index contributed by atoms with van der Waals surface area (Å²) in [5.74, 6) is 0. The maximum absolute atomic E-state index is 3.54. The van der Waals surface area contributed by atoms with Gasteiger partial charge in [-0.1, -0.05) is 0 Å². The highest BCUT2D eigenvalue weighted by Crippen LogP contribution is 1.75. The standard InChI is InChI=1S/C4H8.2C2H4/c1-3-4-2;2*1-2/h1-4H2;2*1-2H2. The molecule has 0 saturated carbocycles. The fraction of sp³-hybridized carbons (Fsp3) is 0.250. The largest absolute Gasteiger partial charge is 0.339 e. The molecule has 0 saturated heterocycles. The third-order valence-corrected chi connectivity index (χ3v) is 0.250. The smallest absolute Gasteiger partial charge is 0.0587 e. The lowest BCUT2D eigenvalue weighted by Gasteiger charge is -1.71. The van der Waals surface area contributed by atoms with Gasteiger partial charge in [-0.3, -0.25) is 0 Å². The minimum Gasteiger partial charge on any atom is -0.339 e. The van der Waals surface area contributed by atoms with Crippen molar-refractivity contribution < 1.29 is 0 Å². The second-order valence-electron chi connectivity index (χ2n) is 0.707. The first-order chi connectivity index (χ1) is 3.91. The molecule has 0 rings (SSSR count). The van der Waals surface area contributed by atoms with E-state index in [1.54, 1.807) is 0 Å². The van der Waals surface area contributed by atoms with Crippen LogP contribution in [0.15, 0.2) is 26.3 Å². The lowest BCUT2D eigenvalue weighted by Crippen LogP contribution is -1.49. The third-order valence-electron chi connectivity index (χ3n) is 0.250. The van der Waals surface area contributed by atoms with Gasteiger partial charge < -0.3 is 6.92 Å². The van der Waals surface area contributed by atoms with Crippen LogP contribution < -0.4 is 0 Å². The number of hydrogen-bond acceptors (Lipinski definition) is 0. The van der Waals surface area contributed by atoms with Crippen LogP contribution >= 0.6 is 0 Å². The maximum atomic E-state index is 3.54. The molecule has 0 aromatic rings. The van der Waals surface area contributed by atoms with Crippen LogP contribution in [-0.2, 0) is 0 Å². The molecule has 0 radical (unpaired) electrons. The molecular formula is C8H16. The predicted molar refractivity (Wildman–Crippen MR) is 42.5 cm³/mol. The lowest BCUT2D eigenvalue weighted by molar-refractivity contribution is 1.05. The van der Waals surface area contributed by atoms with Gasteiger partial charge in [-0.25, -0.2) is 0 Å². The van der Waals surface area contributed by atoms with E-state index in [1.807, 2.05) is 0 Å². The fourth-order valence-corrected chi connectivity index (χ4v) is 0. The van der Waals surface area contributed by atoms with E-state index < -0.39 is 0 Å². The average Bonchev–Trinajstić information content (AvgIpc) is 1.96. The Kier molecular flexibility index (Phi) is 195. The van der Waals surface area contributed by atoms with Crippen LogP contribution in [0.1, 0.15) is 12.8 Å². The van der Waals surface area contributed by atoms with E-state index >= 15 is 0 Å². The van der Waals surface area contributed by atoms with Crippen molar-refractivity contribution in [2.75, 3.05) is 0 Å². The van der Waals surface area contributed by atoms with Gasteiger partial charge in [-0.2, -0.15) is 0 Å². The van der Waals surface area contributed by atoms with Crippen LogP contribution in [0.25, 0.3) is 0 Å². The molecule has 0 amide bonds. The molecule has 0 atom stereocenters. The molecule has 0 aromatic heterocycles. The van der Waals surface area contributed by atoms with E-state index in [1.165, 1.54) is 0 Å². The minimum absolute atomic E-state index is 0.958. The Bertz CT molecular complexity index is 12.0. The molecule has 0 aliphatic heterocycles. The first kappa shape index (κ1) is 15.7. The summed E-state index contributed by atoms with van der Waals surface area (Å²) in [5.41, 5.74) is 0. The zero-order valence-electron chi connectivity index (χ0n) is 5.66. The van der Waals surface area contributed by atoms with Gasteiger partial charge in [-0.15, -0.1) is 32.7 Å². The van der Waals surface area contributed by atoms with Crippen molar-refractivity contribution in [3.05, 3.63) is 40.2 Å². The van der Waals surface area contributed by atoms with Crippen LogP contribution in [0, 0.1) is 13.8 Å². The molecule has 0 heteroatoms. The van der Waals surface area contributed by atoms with Crippen LogP contribution in [0.5, 0.6) is 0 Å². The van der Waals surface area contributed by atoms with Gasteiger partial charge in [0.15, 0.2) is 0 Å². The second-order valence-corrected chi connectivity index (χ2v) is 0.707. The summed E-state index contributed by atoms with van der Waals surface area (Å²) in [7, 11) is 0. The Morgan fingerprint density at radius 1 is 1.12 bits per heavy atom. The van der Waals surface area contributed by atoms with E-state index in [2.05, 4.69) is 40.2 Å². The monoisotopic (exact) mass is 112 g/mol. The lowest BCUT2D eigenvalue weighted by atomic mass is 10.4. The Labute approximate surface area is 53.9 Å². The van der Waals surface area contributed by atoms with E-state index in [4.69, 9.17) is 0 Å². The van der Waals surface area contributed by atoms with Gasteiger partial charge >= 0.3 is 0 Å². The van der Waals surface area contributed by atoms with Crippen molar-refractivity contribution in [3.63, 3.8) is 0 Å². The molecule has 0 N–H and O–H groups in total. The molecule has 0 aliphatic carbocycles. The molecule has 0 bridgehead atoms. The molecule has 0 unspecified atom stereocenters. The summed E-state index contributed by atoms with van der Waals surface area (Å²) in [6, 6.07) is 0. The van der Waals surface area contributed by atoms with Gasteiger partial charge in [0, 0.05) is 0 Å². The topological polar surface area (TPSA) is 0 Å². The number of unbranched alkanes of at least 4 members (excludes halogenated alkanes) is 1. The summed E-state index contributed by atoms with van der Waals surface area (Å²) in [4.78, 5) is 0. The average molecular weight is 112 g/mol. The Morgan fingerprint density at radius 3 is 1.25 bits per heavy atom. The van der Waals surface area contributed by atoms with Gasteiger partial charge in [0.05, 0.1) is 13.3 Å². The van der Waals surface area contributed by atoms with Crippen LogP contribution in [0.4, 0.5) is 0 Å². The Balaban J connectivity index is -0.0000000542. The quantitative estimate of drug-likeness (QED) is 0.361. The summed E-state index contributed by atoms with van der Waals surface area (Å²) in [6.07, 6.45) is 1.92. The van der Waals surface area contributed by atoms with Crippen molar-refractivity contribution in [3.8, 4) is 0 Å². The van der Waals surface area contributed by atoms with Gasteiger partial charge in [0.2, 0.25) is 0 Å². The van der Waals surface area contributed by atoms with Crippen molar-refractivity contribution in [1.29, 1.82) is 0 Å². The third kappa shape index (κ3) is 826. The van der Waals surface area contributed by atoms with E-state index in [0.29, 0.717) is 0 Å². The highest BCUT2D eigenvalue weighted by molar-refractivity contribution is 4.38. The molecule has 0 heterocycles. The highest BCUT2D eigenvalue weighted by Gasteiger charge is 1.57. The predicted octanol–water partition coefficient (Wildman–Crippen LogP) is 3.04. The first-order valence-corrected chi connectivity index (χ1v) is 2.50. The summed E-state index contributed by atoms with van der Waals surface area (Å²) >= 11 is 0. The molecule has 0 aromatic carbocycles. The summed E-state index contributed by atoms with van der Waals surface area (Å²) in [6.45, 7) is 19.1.